The van der Waals surface area contributed by atoms with E-state index in [1.807, 2.05) is 0 Å². The summed E-state index contributed by atoms with van der Waals surface area (Å²) in [6, 6.07) is 0. The van der Waals surface area contributed by atoms with Gasteiger partial charge in [0.2, 0.25) is 5.91 Å². The fourth-order valence-electron chi connectivity index (χ4n) is 4.61. The summed E-state index contributed by atoms with van der Waals surface area (Å²) in [5.41, 5.74) is 6.95. The third kappa shape index (κ3) is 2.81. The van der Waals surface area contributed by atoms with Gasteiger partial charge >= 0.3 is 5.97 Å². The third-order valence-electron chi connectivity index (χ3n) is 5.77. The molecule has 0 aromatic carbocycles. The second-order valence-electron chi connectivity index (χ2n) is 7.30. The maximum Gasteiger partial charge on any atom is 0.310 e. The quantitative estimate of drug-likeness (QED) is 0.692. The summed E-state index contributed by atoms with van der Waals surface area (Å²) < 4.78 is 5.66. The first kappa shape index (κ1) is 17.5. The first-order valence-electron chi connectivity index (χ1n) is 9.11. The Morgan fingerprint density at radius 2 is 1.77 bits per heavy atom. The molecular formula is C18H22N2O5S. The van der Waals surface area contributed by atoms with Gasteiger partial charge in [0, 0.05) is 4.88 Å². The number of fused-ring (bicyclic) bond motifs is 3. The van der Waals surface area contributed by atoms with E-state index in [1.54, 1.807) is 0 Å². The fourth-order valence-corrected chi connectivity index (χ4v) is 5.91. The lowest BCUT2D eigenvalue weighted by molar-refractivity contribution is -0.147. The maximum atomic E-state index is 12.9. The van der Waals surface area contributed by atoms with Crippen LogP contribution in [0.2, 0.25) is 0 Å². The van der Waals surface area contributed by atoms with Gasteiger partial charge in [0.15, 0.2) is 0 Å². The number of hydrogen-bond acceptors (Lipinski definition) is 5. The number of thiophene rings is 1. The van der Waals surface area contributed by atoms with E-state index in [4.69, 9.17) is 10.5 Å². The summed E-state index contributed by atoms with van der Waals surface area (Å²) in [4.78, 5) is 37.6. The van der Waals surface area contributed by atoms with Crippen molar-refractivity contribution in [1.82, 2.24) is 0 Å². The second-order valence-corrected chi connectivity index (χ2v) is 8.41. The zero-order valence-electron chi connectivity index (χ0n) is 14.3. The molecule has 26 heavy (non-hydrogen) atoms. The fraction of sp³-hybridized carbons (Fsp3) is 0.611. The summed E-state index contributed by atoms with van der Waals surface area (Å²) in [6.07, 6.45) is 5.44. The molecule has 1 aliphatic carbocycles. The number of carboxylic acid groups (broad SMARTS) is 1. The molecule has 8 heteroatoms. The van der Waals surface area contributed by atoms with Crippen LogP contribution in [-0.2, 0) is 27.2 Å². The zero-order chi connectivity index (χ0) is 18.4. The molecule has 2 bridgehead atoms. The molecule has 3 aliphatic rings. The molecule has 1 aromatic heterocycles. The number of carboxylic acids is 1. The Balaban J connectivity index is 1.62. The maximum absolute atomic E-state index is 12.9. The van der Waals surface area contributed by atoms with E-state index in [1.165, 1.54) is 11.3 Å². The van der Waals surface area contributed by atoms with Crippen LogP contribution < -0.4 is 11.1 Å². The van der Waals surface area contributed by atoms with Crippen LogP contribution >= 0.6 is 11.3 Å². The van der Waals surface area contributed by atoms with Gasteiger partial charge in [0.1, 0.15) is 5.00 Å². The first-order valence-corrected chi connectivity index (χ1v) is 9.92. The summed E-state index contributed by atoms with van der Waals surface area (Å²) in [7, 11) is 0. The number of nitrogens with one attached hydrogen (secondary N) is 1. The number of carbonyl (C=O) groups excluding carboxylic acids is 2. The zero-order valence-corrected chi connectivity index (χ0v) is 15.1. The lowest BCUT2D eigenvalue weighted by atomic mass is 9.78. The highest BCUT2D eigenvalue weighted by molar-refractivity contribution is 7.17. The predicted molar refractivity (Wildman–Crippen MR) is 95.2 cm³/mol. The minimum absolute atomic E-state index is 0.365. The smallest absolute Gasteiger partial charge is 0.310 e. The topological polar surface area (TPSA) is 119 Å². The lowest BCUT2D eigenvalue weighted by Gasteiger charge is -2.23. The molecular weight excluding hydrogens is 356 g/mol. The molecule has 2 amide bonds. The van der Waals surface area contributed by atoms with E-state index in [2.05, 4.69) is 5.32 Å². The van der Waals surface area contributed by atoms with Crippen LogP contribution in [0.15, 0.2) is 0 Å². The van der Waals surface area contributed by atoms with Crippen molar-refractivity contribution in [1.29, 1.82) is 0 Å². The van der Waals surface area contributed by atoms with Crippen molar-refractivity contribution in [3.05, 3.63) is 16.0 Å². The van der Waals surface area contributed by atoms with Crippen molar-refractivity contribution in [3.8, 4) is 0 Å². The Morgan fingerprint density at radius 1 is 1.08 bits per heavy atom. The van der Waals surface area contributed by atoms with Crippen LogP contribution in [0.25, 0.3) is 0 Å². The Bertz CT molecular complexity index is 774. The van der Waals surface area contributed by atoms with Gasteiger partial charge in [-0.1, -0.05) is 6.42 Å². The van der Waals surface area contributed by atoms with Crippen molar-refractivity contribution >= 4 is 34.1 Å². The summed E-state index contributed by atoms with van der Waals surface area (Å²) >= 11 is 1.40. The molecule has 4 N–H and O–H groups in total. The van der Waals surface area contributed by atoms with E-state index in [0.29, 0.717) is 23.4 Å². The van der Waals surface area contributed by atoms with Gasteiger partial charge in [-0.15, -0.1) is 11.3 Å². The van der Waals surface area contributed by atoms with E-state index < -0.39 is 29.8 Å². The van der Waals surface area contributed by atoms with E-state index >= 15 is 0 Å². The van der Waals surface area contributed by atoms with Crippen molar-refractivity contribution in [3.63, 3.8) is 0 Å². The number of carbonyl (C=O) groups is 3. The molecule has 2 saturated heterocycles. The van der Waals surface area contributed by atoms with E-state index in [-0.39, 0.29) is 12.0 Å². The summed E-state index contributed by atoms with van der Waals surface area (Å²) in [5, 5.41) is 12.8. The highest BCUT2D eigenvalue weighted by atomic mass is 32.1. The van der Waals surface area contributed by atoms with Crippen LogP contribution in [0, 0.1) is 11.8 Å². The third-order valence-corrected chi connectivity index (χ3v) is 6.97. The molecule has 3 heterocycles. The van der Waals surface area contributed by atoms with E-state index in [9.17, 15) is 19.5 Å². The Labute approximate surface area is 154 Å². The number of hydrogen-bond donors (Lipinski definition) is 3. The molecule has 4 rings (SSSR count). The number of anilines is 1. The number of rotatable bonds is 4. The largest absolute Gasteiger partial charge is 0.481 e. The average Bonchev–Trinajstić information content (AvgIpc) is 3.23. The molecule has 140 valence electrons. The summed E-state index contributed by atoms with van der Waals surface area (Å²) in [6.45, 7) is 0. The first-order chi connectivity index (χ1) is 12.5. The minimum atomic E-state index is -1.01. The van der Waals surface area contributed by atoms with Crippen LogP contribution in [0.4, 0.5) is 5.00 Å². The Kier molecular flexibility index (Phi) is 4.48. The molecule has 2 aliphatic heterocycles. The molecule has 7 nitrogen and oxygen atoms in total. The monoisotopic (exact) mass is 378 g/mol. The molecule has 1 aromatic rings. The molecule has 0 radical (unpaired) electrons. The van der Waals surface area contributed by atoms with Crippen molar-refractivity contribution in [2.45, 2.75) is 57.2 Å². The van der Waals surface area contributed by atoms with Crippen molar-refractivity contribution < 1.29 is 24.2 Å². The highest BCUT2D eigenvalue weighted by Crippen LogP contribution is 2.45. The number of aryl methyl sites for hydroxylation is 1. The van der Waals surface area contributed by atoms with Gasteiger partial charge in [-0.25, -0.2) is 0 Å². The van der Waals surface area contributed by atoms with Crippen molar-refractivity contribution in [2.75, 3.05) is 5.32 Å². The second kappa shape index (κ2) is 6.66. The van der Waals surface area contributed by atoms with Gasteiger partial charge in [-0.05, 0) is 44.1 Å². The van der Waals surface area contributed by atoms with Crippen LogP contribution in [0.5, 0.6) is 0 Å². The highest BCUT2D eigenvalue weighted by Gasteiger charge is 2.55. The summed E-state index contributed by atoms with van der Waals surface area (Å²) in [5.74, 6) is -3.49. The Morgan fingerprint density at radius 3 is 2.46 bits per heavy atom. The number of aliphatic carboxylic acids is 1. The molecule has 0 spiro atoms. The normalized spacial score (nSPS) is 29.8. The van der Waals surface area contributed by atoms with E-state index in [0.717, 1.165) is 42.5 Å². The molecule has 2 fully saturated rings. The van der Waals surface area contributed by atoms with Gasteiger partial charge in [-0.2, -0.15) is 0 Å². The standard InChI is InChI=1S/C18H22N2O5S/c19-15(21)12-8-4-2-1-3-5-11(8)26-17(12)20-16(22)13-9-6-7-10(25-9)14(13)18(23)24/h9-10,13-14H,1-7H2,(H2,19,21)(H,20,22)(H,23,24)/t9-,10-,13-,14-/m0/s1. The predicted octanol–water partition coefficient (Wildman–Crippen LogP) is 1.93. The number of primary amides is 1. The van der Waals surface area contributed by atoms with Crippen molar-refractivity contribution in [2.24, 2.45) is 17.6 Å². The van der Waals surface area contributed by atoms with Gasteiger partial charge in [0.25, 0.3) is 5.91 Å². The van der Waals surface area contributed by atoms with Gasteiger partial charge < -0.3 is 20.9 Å². The van der Waals surface area contributed by atoms with Crippen LogP contribution in [0.3, 0.4) is 0 Å². The minimum Gasteiger partial charge on any atom is -0.481 e. The Hall–Kier alpha value is -1.93. The lowest BCUT2D eigenvalue weighted by Crippen LogP contribution is -2.41. The molecule has 4 atom stereocenters. The average molecular weight is 378 g/mol. The van der Waals surface area contributed by atoms with Crippen LogP contribution in [-0.4, -0.2) is 35.1 Å². The molecule has 0 unspecified atom stereocenters. The van der Waals surface area contributed by atoms with Gasteiger partial charge in [-0.3, -0.25) is 14.4 Å². The number of amides is 2. The number of nitrogens with two attached hydrogens (primary N) is 1. The number of ether oxygens (including phenoxy) is 1. The van der Waals surface area contributed by atoms with Crippen LogP contribution in [0.1, 0.15) is 52.9 Å². The SMILES string of the molecule is NC(=O)c1c(NC(=O)[C@@H]2[C@@H](C(=O)O)[C@@H]3CC[C@@H]2O3)sc2c1CCCCC2. The molecule has 0 saturated carbocycles. The van der Waals surface area contributed by atoms with Gasteiger partial charge in [0.05, 0.1) is 29.6 Å².